The first kappa shape index (κ1) is 21.8. The zero-order chi connectivity index (χ0) is 21.7. The molecule has 0 spiro atoms. The Labute approximate surface area is 183 Å². The molecule has 0 heterocycles. The minimum Gasteiger partial charge on any atom is -0.457 e. The number of sulfonamides is 1. The molecule has 3 aromatic carbocycles. The number of nitrogens with one attached hydrogen (secondary N) is 2. The largest absolute Gasteiger partial charge is 0.457 e. The molecule has 4 N–H and O–H groups in total. The summed E-state index contributed by atoms with van der Waals surface area (Å²) in [6.45, 7) is 1.72. The van der Waals surface area contributed by atoms with E-state index in [0.717, 1.165) is 15.9 Å². The van der Waals surface area contributed by atoms with Crippen LogP contribution in [0.2, 0.25) is 0 Å². The second-order valence-electron chi connectivity index (χ2n) is 6.51. The Kier molecular flexibility index (Phi) is 6.76. The number of primary sulfonamides is 1. The van der Waals surface area contributed by atoms with Crippen molar-refractivity contribution in [1.29, 1.82) is 0 Å². The van der Waals surface area contributed by atoms with Gasteiger partial charge in [0.05, 0.1) is 4.90 Å². The van der Waals surface area contributed by atoms with Crippen molar-refractivity contribution in [2.75, 3.05) is 10.6 Å². The molecular formula is C21H20BrN3O4S. The third-order valence-electron chi connectivity index (χ3n) is 4.13. The molecule has 0 aromatic heterocycles. The molecule has 0 aliphatic carbocycles. The van der Waals surface area contributed by atoms with Crippen molar-refractivity contribution in [3.05, 3.63) is 77.3 Å². The van der Waals surface area contributed by atoms with Gasteiger partial charge < -0.3 is 15.4 Å². The summed E-state index contributed by atoms with van der Waals surface area (Å²) in [5.41, 5.74) is 1.23. The number of hydrogen-bond acceptors (Lipinski definition) is 5. The summed E-state index contributed by atoms with van der Waals surface area (Å²) >= 11 is 3.38. The molecule has 7 nitrogen and oxygen atoms in total. The molecule has 0 aliphatic rings. The standard InChI is InChI=1S/C21H20BrN3O4S/c1-14(21(26)25-17-6-12-20(13-7-17)30(23,27)28)24-16-4-10-19(11-5-16)29-18-8-2-15(22)3-9-18/h2-14,24H,1H3,(H,25,26)(H2,23,27,28)/t14-/m1/s1. The highest BCUT2D eigenvalue weighted by molar-refractivity contribution is 9.10. The van der Waals surface area contributed by atoms with Crippen molar-refractivity contribution in [1.82, 2.24) is 0 Å². The van der Waals surface area contributed by atoms with Crippen molar-refractivity contribution >= 4 is 43.2 Å². The third kappa shape index (κ3) is 6.06. The molecule has 3 rings (SSSR count). The van der Waals surface area contributed by atoms with Crippen LogP contribution in [0.4, 0.5) is 11.4 Å². The molecule has 0 saturated carbocycles. The average molecular weight is 490 g/mol. The van der Waals surface area contributed by atoms with E-state index >= 15 is 0 Å². The molecule has 0 fully saturated rings. The van der Waals surface area contributed by atoms with Crippen LogP contribution in [0.5, 0.6) is 11.5 Å². The van der Waals surface area contributed by atoms with Gasteiger partial charge in [0.1, 0.15) is 17.5 Å². The normalized spacial score (nSPS) is 12.1. The van der Waals surface area contributed by atoms with Crippen molar-refractivity contribution in [2.45, 2.75) is 17.9 Å². The maximum atomic E-state index is 12.4. The van der Waals surface area contributed by atoms with Crippen LogP contribution in [0, 0.1) is 0 Å². The Balaban J connectivity index is 1.56. The van der Waals surface area contributed by atoms with Crippen LogP contribution in [0.15, 0.2) is 82.2 Å². The molecule has 9 heteroatoms. The van der Waals surface area contributed by atoms with Crippen molar-refractivity contribution < 1.29 is 17.9 Å². The van der Waals surface area contributed by atoms with E-state index in [4.69, 9.17) is 9.88 Å². The van der Waals surface area contributed by atoms with Crippen LogP contribution < -0.4 is 20.5 Å². The smallest absolute Gasteiger partial charge is 0.246 e. The average Bonchev–Trinajstić information content (AvgIpc) is 2.71. The van der Waals surface area contributed by atoms with E-state index < -0.39 is 16.1 Å². The number of hydrogen-bond donors (Lipinski definition) is 3. The van der Waals surface area contributed by atoms with Gasteiger partial charge >= 0.3 is 0 Å². The van der Waals surface area contributed by atoms with Gasteiger partial charge in [0.15, 0.2) is 0 Å². The molecule has 3 aromatic rings. The molecule has 30 heavy (non-hydrogen) atoms. The monoisotopic (exact) mass is 489 g/mol. The molecule has 0 saturated heterocycles. The number of halogens is 1. The number of rotatable bonds is 7. The van der Waals surface area contributed by atoms with E-state index in [1.807, 2.05) is 36.4 Å². The lowest BCUT2D eigenvalue weighted by Gasteiger charge is -2.16. The number of benzene rings is 3. The second-order valence-corrected chi connectivity index (χ2v) is 8.98. The molecule has 156 valence electrons. The van der Waals surface area contributed by atoms with E-state index in [2.05, 4.69) is 26.6 Å². The summed E-state index contributed by atoms with van der Waals surface area (Å²) in [4.78, 5) is 12.4. The van der Waals surface area contributed by atoms with Gasteiger partial charge in [-0.2, -0.15) is 0 Å². The van der Waals surface area contributed by atoms with Gasteiger partial charge in [-0.05, 0) is 79.7 Å². The first-order chi connectivity index (χ1) is 14.2. The number of carbonyl (C=O) groups excluding carboxylic acids is 1. The number of nitrogens with two attached hydrogens (primary N) is 1. The minimum absolute atomic E-state index is 0.0166. The van der Waals surface area contributed by atoms with Crippen LogP contribution in [0.3, 0.4) is 0 Å². The van der Waals surface area contributed by atoms with Gasteiger partial charge in [0.2, 0.25) is 15.9 Å². The van der Waals surface area contributed by atoms with E-state index in [1.54, 1.807) is 19.1 Å². The predicted octanol–water partition coefficient (Wildman–Crippen LogP) is 4.33. The number of anilines is 2. The quantitative estimate of drug-likeness (QED) is 0.457. The fourth-order valence-electron chi connectivity index (χ4n) is 2.55. The number of amides is 1. The summed E-state index contributed by atoms with van der Waals surface area (Å²) in [5.74, 6) is 1.13. The van der Waals surface area contributed by atoms with Crippen LogP contribution in [0.1, 0.15) is 6.92 Å². The fraction of sp³-hybridized carbons (Fsp3) is 0.0952. The Morgan fingerprint density at radius 3 is 1.93 bits per heavy atom. The first-order valence-electron chi connectivity index (χ1n) is 8.94. The van der Waals surface area contributed by atoms with Crippen molar-refractivity contribution in [3.63, 3.8) is 0 Å². The number of ether oxygens (including phenoxy) is 1. The molecular weight excluding hydrogens is 470 g/mol. The van der Waals surface area contributed by atoms with Gasteiger partial charge in [0, 0.05) is 15.8 Å². The Morgan fingerprint density at radius 2 is 1.40 bits per heavy atom. The van der Waals surface area contributed by atoms with E-state index in [0.29, 0.717) is 11.4 Å². The van der Waals surface area contributed by atoms with Gasteiger partial charge in [-0.3, -0.25) is 4.79 Å². The van der Waals surface area contributed by atoms with Crippen molar-refractivity contribution in [3.8, 4) is 11.5 Å². The molecule has 0 radical (unpaired) electrons. The number of carbonyl (C=O) groups is 1. The van der Waals surface area contributed by atoms with Crippen LogP contribution in [-0.2, 0) is 14.8 Å². The second kappa shape index (κ2) is 9.29. The maximum absolute atomic E-state index is 12.4. The van der Waals surface area contributed by atoms with Crippen LogP contribution in [0.25, 0.3) is 0 Å². The summed E-state index contributed by atoms with van der Waals surface area (Å²) in [6.07, 6.45) is 0. The minimum atomic E-state index is -3.77. The molecule has 0 aliphatic heterocycles. The Hall–Kier alpha value is -2.88. The topological polar surface area (TPSA) is 111 Å². The van der Waals surface area contributed by atoms with Gasteiger partial charge in [0.25, 0.3) is 0 Å². The fourth-order valence-corrected chi connectivity index (χ4v) is 3.33. The zero-order valence-corrected chi connectivity index (χ0v) is 18.4. The molecule has 0 unspecified atom stereocenters. The molecule has 1 atom stereocenters. The lowest BCUT2D eigenvalue weighted by molar-refractivity contribution is -0.116. The SMILES string of the molecule is C[C@@H](Nc1ccc(Oc2ccc(Br)cc2)cc1)C(=O)Nc1ccc(S(N)(=O)=O)cc1. The van der Waals surface area contributed by atoms with Crippen LogP contribution in [-0.4, -0.2) is 20.4 Å². The van der Waals surface area contributed by atoms with Crippen molar-refractivity contribution in [2.24, 2.45) is 5.14 Å². The lowest BCUT2D eigenvalue weighted by Crippen LogP contribution is -2.31. The van der Waals surface area contributed by atoms with Gasteiger partial charge in [-0.1, -0.05) is 15.9 Å². The zero-order valence-electron chi connectivity index (χ0n) is 16.0. The van der Waals surface area contributed by atoms with E-state index in [9.17, 15) is 13.2 Å². The van der Waals surface area contributed by atoms with E-state index in [-0.39, 0.29) is 10.8 Å². The summed E-state index contributed by atoms with van der Waals surface area (Å²) in [5, 5.41) is 10.9. The van der Waals surface area contributed by atoms with E-state index in [1.165, 1.54) is 24.3 Å². The Morgan fingerprint density at radius 1 is 0.900 bits per heavy atom. The van der Waals surface area contributed by atoms with Crippen LogP contribution >= 0.6 is 15.9 Å². The summed E-state index contributed by atoms with van der Waals surface area (Å²) < 4.78 is 29.3. The molecule has 0 bridgehead atoms. The highest BCUT2D eigenvalue weighted by atomic mass is 79.9. The van der Waals surface area contributed by atoms with Gasteiger partial charge in [-0.25, -0.2) is 13.6 Å². The van der Waals surface area contributed by atoms with Gasteiger partial charge in [-0.15, -0.1) is 0 Å². The first-order valence-corrected chi connectivity index (χ1v) is 11.3. The summed E-state index contributed by atoms with van der Waals surface area (Å²) in [7, 11) is -3.77. The lowest BCUT2D eigenvalue weighted by atomic mass is 10.2. The predicted molar refractivity (Wildman–Crippen MR) is 120 cm³/mol. The third-order valence-corrected chi connectivity index (χ3v) is 5.59. The highest BCUT2D eigenvalue weighted by Gasteiger charge is 2.14. The maximum Gasteiger partial charge on any atom is 0.246 e. The highest BCUT2D eigenvalue weighted by Crippen LogP contribution is 2.24. The summed E-state index contributed by atoms with van der Waals surface area (Å²) in [6, 6.07) is 19.9. The Bertz CT molecular complexity index is 1120. The molecule has 1 amide bonds.